The topological polar surface area (TPSA) is 102 Å². The van der Waals surface area contributed by atoms with E-state index in [1.165, 1.54) is 18.7 Å². The molecule has 8 nitrogen and oxygen atoms in total. The molecular weight excluding hydrogens is 364 g/mol. The van der Waals surface area contributed by atoms with E-state index in [1.807, 2.05) is 47.0 Å². The fourth-order valence-corrected chi connectivity index (χ4v) is 3.08. The zero-order valence-corrected chi connectivity index (χ0v) is 15.4. The Bertz CT molecular complexity index is 914. The van der Waals surface area contributed by atoms with E-state index in [9.17, 15) is 9.59 Å². The van der Waals surface area contributed by atoms with Crippen LogP contribution < -0.4 is 10.9 Å². The standard InChI is InChI=1S/C18H18N6O2S/c1-13(25)20-21-16(26)12-27-18-23-22-17(15-7-9-19-10-8-15)24(18)11-14-5-3-2-4-6-14/h2-10H,11-12H2,1H3,(H,20,25)(H,21,26). The minimum atomic E-state index is -0.333. The van der Waals surface area contributed by atoms with Crippen LogP contribution >= 0.6 is 11.8 Å². The van der Waals surface area contributed by atoms with E-state index in [0.29, 0.717) is 17.5 Å². The first-order chi connectivity index (χ1) is 13.1. The van der Waals surface area contributed by atoms with Crippen LogP contribution in [0.5, 0.6) is 0 Å². The summed E-state index contributed by atoms with van der Waals surface area (Å²) in [6.45, 7) is 1.89. The summed E-state index contributed by atoms with van der Waals surface area (Å²) in [5.74, 6) is 0.144. The predicted octanol–water partition coefficient (Wildman–Crippen LogP) is 1.65. The van der Waals surface area contributed by atoms with Gasteiger partial charge >= 0.3 is 0 Å². The summed E-state index contributed by atoms with van der Waals surface area (Å²) in [4.78, 5) is 26.8. The Morgan fingerprint density at radius 1 is 1.04 bits per heavy atom. The van der Waals surface area contributed by atoms with Gasteiger partial charge in [-0.25, -0.2) is 0 Å². The van der Waals surface area contributed by atoms with Crippen LogP contribution in [0.15, 0.2) is 60.0 Å². The van der Waals surface area contributed by atoms with Gasteiger partial charge in [-0.1, -0.05) is 42.1 Å². The largest absolute Gasteiger partial charge is 0.298 e. The second-order valence-corrected chi connectivity index (χ2v) is 6.57. The first-order valence-electron chi connectivity index (χ1n) is 8.19. The molecule has 9 heteroatoms. The molecule has 0 aliphatic carbocycles. The molecule has 0 aliphatic rings. The smallest absolute Gasteiger partial charge is 0.248 e. The van der Waals surface area contributed by atoms with Crippen LogP contribution in [0.4, 0.5) is 0 Å². The molecule has 0 fully saturated rings. The van der Waals surface area contributed by atoms with Crippen molar-refractivity contribution in [3.05, 3.63) is 60.4 Å². The molecule has 0 radical (unpaired) electrons. The lowest BCUT2D eigenvalue weighted by atomic mass is 10.2. The van der Waals surface area contributed by atoms with Gasteiger partial charge < -0.3 is 0 Å². The Balaban J connectivity index is 1.82. The van der Waals surface area contributed by atoms with Gasteiger partial charge in [0, 0.05) is 24.9 Å². The molecule has 0 saturated heterocycles. The van der Waals surface area contributed by atoms with Crippen LogP contribution in [0, 0.1) is 0 Å². The minimum Gasteiger partial charge on any atom is -0.298 e. The van der Waals surface area contributed by atoms with Crippen molar-refractivity contribution in [3.63, 3.8) is 0 Å². The van der Waals surface area contributed by atoms with Crippen LogP contribution in [0.1, 0.15) is 12.5 Å². The second-order valence-electron chi connectivity index (χ2n) is 5.63. The molecule has 2 aromatic heterocycles. The molecule has 0 unspecified atom stereocenters. The molecule has 2 heterocycles. The Morgan fingerprint density at radius 3 is 2.48 bits per heavy atom. The molecule has 0 saturated carbocycles. The van der Waals surface area contributed by atoms with Crippen LogP contribution in [0.3, 0.4) is 0 Å². The Kier molecular flexibility index (Phi) is 6.16. The van der Waals surface area contributed by atoms with Crippen LogP contribution in [0.2, 0.25) is 0 Å². The Labute approximate surface area is 160 Å². The van der Waals surface area contributed by atoms with Gasteiger partial charge in [-0.2, -0.15) is 0 Å². The molecule has 138 valence electrons. The highest BCUT2D eigenvalue weighted by Crippen LogP contribution is 2.24. The molecule has 3 aromatic rings. The normalized spacial score (nSPS) is 10.4. The van der Waals surface area contributed by atoms with Gasteiger partial charge in [0.05, 0.1) is 12.3 Å². The predicted molar refractivity (Wildman–Crippen MR) is 101 cm³/mol. The summed E-state index contributed by atoms with van der Waals surface area (Å²) in [5.41, 5.74) is 6.59. The summed E-state index contributed by atoms with van der Waals surface area (Å²) in [6, 6.07) is 13.7. The number of hydrogen-bond acceptors (Lipinski definition) is 6. The van der Waals surface area contributed by atoms with Crippen LogP contribution in [-0.4, -0.2) is 37.3 Å². The van der Waals surface area contributed by atoms with E-state index >= 15 is 0 Å². The molecule has 0 aliphatic heterocycles. The molecule has 27 heavy (non-hydrogen) atoms. The van der Waals surface area contributed by atoms with Crippen molar-refractivity contribution in [2.45, 2.75) is 18.6 Å². The highest BCUT2D eigenvalue weighted by Gasteiger charge is 2.16. The number of carbonyl (C=O) groups excluding carboxylic acids is 2. The SMILES string of the molecule is CC(=O)NNC(=O)CSc1nnc(-c2ccncc2)n1Cc1ccccc1. The van der Waals surface area contributed by atoms with Gasteiger partial charge in [-0.3, -0.25) is 30.0 Å². The summed E-state index contributed by atoms with van der Waals surface area (Å²) >= 11 is 1.25. The highest BCUT2D eigenvalue weighted by molar-refractivity contribution is 7.99. The number of benzene rings is 1. The third-order valence-corrected chi connectivity index (χ3v) is 4.52. The van der Waals surface area contributed by atoms with Crippen molar-refractivity contribution in [1.82, 2.24) is 30.6 Å². The van der Waals surface area contributed by atoms with E-state index < -0.39 is 0 Å². The lowest BCUT2D eigenvalue weighted by Crippen LogP contribution is -2.41. The molecule has 0 spiro atoms. The van der Waals surface area contributed by atoms with Gasteiger partial charge in [0.25, 0.3) is 0 Å². The van der Waals surface area contributed by atoms with Gasteiger partial charge in [0.15, 0.2) is 11.0 Å². The first kappa shape index (κ1) is 18.6. The molecule has 2 amide bonds. The Hall–Kier alpha value is -3.20. The van der Waals surface area contributed by atoms with Gasteiger partial charge in [-0.15, -0.1) is 10.2 Å². The van der Waals surface area contributed by atoms with Crippen molar-refractivity contribution in [2.75, 3.05) is 5.75 Å². The number of hydrazine groups is 1. The van der Waals surface area contributed by atoms with Crippen molar-refractivity contribution >= 4 is 23.6 Å². The fourth-order valence-electron chi connectivity index (χ4n) is 2.34. The van der Waals surface area contributed by atoms with E-state index in [2.05, 4.69) is 26.0 Å². The number of hydrogen-bond donors (Lipinski definition) is 2. The minimum absolute atomic E-state index is 0.101. The molecule has 1 aromatic carbocycles. The van der Waals surface area contributed by atoms with Crippen molar-refractivity contribution in [3.8, 4) is 11.4 Å². The number of pyridine rings is 1. The maximum absolute atomic E-state index is 11.9. The number of carbonyl (C=O) groups is 2. The van der Waals surface area contributed by atoms with Crippen molar-refractivity contribution < 1.29 is 9.59 Å². The zero-order valence-electron chi connectivity index (χ0n) is 14.6. The summed E-state index contributed by atoms with van der Waals surface area (Å²) < 4.78 is 1.96. The van der Waals surface area contributed by atoms with E-state index in [0.717, 1.165) is 11.1 Å². The molecule has 3 rings (SSSR count). The molecule has 2 N–H and O–H groups in total. The summed E-state index contributed by atoms with van der Waals surface area (Å²) in [5, 5.41) is 9.16. The fraction of sp³-hybridized carbons (Fsp3) is 0.167. The monoisotopic (exact) mass is 382 g/mol. The number of thioether (sulfide) groups is 1. The maximum atomic E-state index is 11.9. The second kappa shape index (κ2) is 8.95. The molecule has 0 bridgehead atoms. The maximum Gasteiger partial charge on any atom is 0.248 e. The van der Waals surface area contributed by atoms with Crippen molar-refractivity contribution in [2.24, 2.45) is 0 Å². The van der Waals surface area contributed by atoms with Crippen LogP contribution in [0.25, 0.3) is 11.4 Å². The van der Waals surface area contributed by atoms with Crippen LogP contribution in [-0.2, 0) is 16.1 Å². The molecular formula is C18H18N6O2S. The average Bonchev–Trinajstić information content (AvgIpc) is 3.08. The third-order valence-electron chi connectivity index (χ3n) is 3.55. The van der Waals surface area contributed by atoms with Crippen molar-refractivity contribution in [1.29, 1.82) is 0 Å². The van der Waals surface area contributed by atoms with Gasteiger partial charge in [0.1, 0.15) is 0 Å². The Morgan fingerprint density at radius 2 is 1.78 bits per heavy atom. The van der Waals surface area contributed by atoms with Gasteiger partial charge in [-0.05, 0) is 17.7 Å². The molecule has 0 atom stereocenters. The first-order valence-corrected chi connectivity index (χ1v) is 9.18. The summed E-state index contributed by atoms with van der Waals surface area (Å²) in [7, 11) is 0. The quantitative estimate of drug-likeness (QED) is 0.496. The highest BCUT2D eigenvalue weighted by atomic mass is 32.2. The lowest BCUT2D eigenvalue weighted by molar-refractivity contribution is -0.126. The number of nitrogens with one attached hydrogen (secondary N) is 2. The third kappa shape index (κ3) is 5.14. The summed E-state index contributed by atoms with van der Waals surface area (Å²) in [6.07, 6.45) is 3.40. The van der Waals surface area contributed by atoms with E-state index in [-0.39, 0.29) is 17.6 Å². The van der Waals surface area contributed by atoms with E-state index in [1.54, 1.807) is 12.4 Å². The number of nitrogens with zero attached hydrogens (tertiary/aromatic N) is 4. The number of amides is 2. The number of aromatic nitrogens is 4. The van der Waals surface area contributed by atoms with E-state index in [4.69, 9.17) is 0 Å². The zero-order chi connectivity index (χ0) is 19.1. The van der Waals surface area contributed by atoms with Gasteiger partial charge in [0.2, 0.25) is 11.8 Å². The average molecular weight is 382 g/mol. The number of rotatable bonds is 6. The lowest BCUT2D eigenvalue weighted by Gasteiger charge is -2.10.